The maximum absolute atomic E-state index is 14.1. The molecule has 46 heavy (non-hydrogen) atoms. The van der Waals surface area contributed by atoms with E-state index in [0.29, 0.717) is 27.5 Å². The Hall–Kier alpha value is -4.08. The number of phenols is 1. The lowest BCUT2D eigenvalue weighted by Crippen LogP contribution is -2.62. The third kappa shape index (κ3) is 8.79. The highest BCUT2D eigenvalue weighted by Crippen LogP contribution is 2.29. The van der Waals surface area contributed by atoms with Crippen molar-refractivity contribution in [2.75, 3.05) is 25.5 Å². The summed E-state index contributed by atoms with van der Waals surface area (Å²) in [6.45, 7) is 2.31. The number of nitrogens with two attached hydrogens (primary N) is 1. The van der Waals surface area contributed by atoms with Crippen LogP contribution in [0.25, 0.3) is 0 Å². The van der Waals surface area contributed by atoms with Crippen molar-refractivity contribution in [3.8, 4) is 11.5 Å². The number of hydrogen-bond acceptors (Lipinski definition) is 5. The number of rotatable bonds is 10. The maximum atomic E-state index is 14.1. The number of urea groups is 1. The van der Waals surface area contributed by atoms with Crippen molar-refractivity contribution < 1.29 is 28.7 Å². The minimum Gasteiger partial charge on any atom is -0.508 e. The van der Waals surface area contributed by atoms with Crippen LogP contribution in [-0.2, 0) is 22.6 Å². The Morgan fingerprint density at radius 2 is 1.59 bits per heavy atom. The summed E-state index contributed by atoms with van der Waals surface area (Å²) in [7, 11) is 2.17. The second-order valence-electron chi connectivity index (χ2n) is 13.0. The average Bonchev–Trinajstić information content (AvgIpc) is 3.04. The number of likely N-dealkylation sites (tertiary alicyclic amines) is 1. The molecule has 10 heteroatoms. The molecule has 3 atom stereocenters. The fraction of sp³-hybridized carbons (Fsp3) is 0.417. The van der Waals surface area contributed by atoms with Crippen LogP contribution in [-0.4, -0.2) is 64.6 Å². The number of primary amides is 1. The van der Waals surface area contributed by atoms with Crippen molar-refractivity contribution in [2.45, 2.75) is 70.0 Å². The van der Waals surface area contributed by atoms with Gasteiger partial charge in [0.25, 0.3) is 0 Å². The van der Waals surface area contributed by atoms with E-state index in [9.17, 15) is 19.5 Å². The van der Waals surface area contributed by atoms with E-state index in [1.165, 1.54) is 0 Å². The Morgan fingerprint density at radius 1 is 0.935 bits per heavy atom. The number of ether oxygens (including phenoxy) is 1. The number of carbonyl (C=O) groups is 3. The summed E-state index contributed by atoms with van der Waals surface area (Å²) in [6.07, 6.45) is 6.74. The molecule has 1 aliphatic heterocycles. The highest BCUT2D eigenvalue weighted by molar-refractivity contribution is 6.30. The quantitative estimate of drug-likeness (QED) is 0.136. The summed E-state index contributed by atoms with van der Waals surface area (Å²) in [6, 6.07) is 19.5. The fourth-order valence-corrected chi connectivity index (χ4v) is 7.01. The number of phenolic OH excluding ortho intramolecular Hbond substituents is 1. The van der Waals surface area contributed by atoms with Gasteiger partial charge in [-0.2, -0.15) is 0 Å². The molecule has 5 rings (SSSR count). The Kier molecular flexibility index (Phi) is 10.9. The predicted molar refractivity (Wildman–Crippen MR) is 178 cm³/mol. The van der Waals surface area contributed by atoms with Gasteiger partial charge in [0, 0.05) is 22.7 Å². The van der Waals surface area contributed by atoms with Gasteiger partial charge in [-0.15, -0.1) is 0 Å². The lowest BCUT2D eigenvalue weighted by Gasteiger charge is -2.46. The summed E-state index contributed by atoms with van der Waals surface area (Å²) < 4.78 is 6.31. The van der Waals surface area contributed by atoms with Crippen molar-refractivity contribution in [1.29, 1.82) is 0 Å². The summed E-state index contributed by atoms with van der Waals surface area (Å²) >= 11 is 6.12. The molecule has 1 aliphatic carbocycles. The first-order valence-electron chi connectivity index (χ1n) is 16.1. The number of carbonyl (C=O) groups excluding carboxylic acids is 3. The van der Waals surface area contributed by atoms with E-state index >= 15 is 0 Å². The van der Waals surface area contributed by atoms with Crippen LogP contribution in [0.1, 0.15) is 56.1 Å². The first kappa shape index (κ1) is 33.3. The topological polar surface area (TPSA) is 122 Å². The molecule has 0 spiro atoms. The van der Waals surface area contributed by atoms with E-state index in [0.717, 1.165) is 69.2 Å². The van der Waals surface area contributed by atoms with Crippen LogP contribution >= 0.6 is 11.6 Å². The number of amides is 3. The second kappa shape index (κ2) is 15.0. The fourth-order valence-electron chi connectivity index (χ4n) is 6.89. The number of nitrogens with zero attached hydrogens (tertiary/aromatic N) is 2. The van der Waals surface area contributed by atoms with Gasteiger partial charge in [0.15, 0.2) is 0 Å². The molecule has 0 aromatic heterocycles. The van der Waals surface area contributed by atoms with Crippen LogP contribution in [0.4, 0.5) is 10.5 Å². The van der Waals surface area contributed by atoms with Gasteiger partial charge in [-0.25, -0.2) is 4.79 Å². The molecule has 2 fully saturated rings. The van der Waals surface area contributed by atoms with Gasteiger partial charge >= 0.3 is 12.0 Å². The number of quaternary nitrogens is 1. The van der Waals surface area contributed by atoms with Crippen molar-refractivity contribution in [2.24, 2.45) is 11.7 Å². The van der Waals surface area contributed by atoms with Gasteiger partial charge < -0.3 is 30.3 Å². The number of aromatic hydroxyl groups is 1. The maximum Gasteiger partial charge on any atom is 0.323 e. The van der Waals surface area contributed by atoms with Gasteiger partial charge in [-0.3, -0.25) is 9.59 Å². The van der Waals surface area contributed by atoms with Gasteiger partial charge in [-0.05, 0) is 79.8 Å². The Balaban J connectivity index is 1.36. The van der Waals surface area contributed by atoms with E-state index in [-0.39, 0.29) is 30.1 Å². The Morgan fingerprint density at radius 3 is 2.24 bits per heavy atom. The number of hydrogen-bond donors (Lipinski definition) is 3. The molecule has 0 radical (unpaired) electrons. The zero-order valence-electron chi connectivity index (χ0n) is 26.4. The highest BCUT2D eigenvalue weighted by Gasteiger charge is 2.41. The van der Waals surface area contributed by atoms with E-state index < -0.39 is 18.0 Å². The lowest BCUT2D eigenvalue weighted by atomic mass is 9.89. The largest absolute Gasteiger partial charge is 0.508 e. The number of anilines is 1. The predicted octanol–water partition coefficient (Wildman–Crippen LogP) is 6.27. The molecule has 4 N–H and O–H groups in total. The zero-order valence-corrected chi connectivity index (χ0v) is 27.1. The third-order valence-corrected chi connectivity index (χ3v) is 9.54. The molecule has 9 nitrogen and oxygen atoms in total. The average molecular weight is 648 g/mol. The Labute approximate surface area is 275 Å². The molecule has 3 aromatic carbocycles. The number of benzene rings is 3. The number of esters is 1. The molecule has 3 aromatic rings. The van der Waals surface area contributed by atoms with Gasteiger partial charge in [0.05, 0.1) is 32.1 Å². The van der Waals surface area contributed by atoms with Crippen molar-refractivity contribution in [3.05, 3.63) is 88.9 Å². The molecule has 1 saturated heterocycles. The van der Waals surface area contributed by atoms with E-state index in [1.807, 2.05) is 24.3 Å². The van der Waals surface area contributed by atoms with E-state index in [4.69, 9.17) is 22.1 Å². The van der Waals surface area contributed by atoms with Gasteiger partial charge in [-0.1, -0.05) is 55.1 Å². The smallest absolute Gasteiger partial charge is 0.323 e. The van der Waals surface area contributed by atoms with Crippen LogP contribution in [0.15, 0.2) is 72.8 Å². The standard InChI is InChI=1S/C36H43ClN4O5/c1-41(23-26-9-13-28(37)14-10-26)21-5-8-30(24-41)40(33(34(38)43)22-25-11-17-31(42)18-12-25)36(45)39-29-15-19-32(20-16-29)46-35(44)27-6-3-2-4-7-27/h9-20,27,30,33H,2-8,21-24H2,1H3,(H3-,38,39,42,43,45)/p+1/t30-,33-,41?/m0/s1. The molecule has 1 saturated carbocycles. The van der Waals surface area contributed by atoms with Crippen LogP contribution < -0.4 is 15.8 Å². The number of likely N-dealkylation sites (N-methyl/N-ethyl adjacent to an activating group) is 1. The molecular weight excluding hydrogens is 604 g/mol. The minimum atomic E-state index is -0.924. The summed E-state index contributed by atoms with van der Waals surface area (Å²) in [4.78, 5) is 41.4. The summed E-state index contributed by atoms with van der Waals surface area (Å²) in [5, 5.41) is 13.4. The highest BCUT2D eigenvalue weighted by atomic mass is 35.5. The van der Waals surface area contributed by atoms with Crippen LogP contribution in [0.2, 0.25) is 5.02 Å². The molecule has 1 unspecified atom stereocenters. The normalized spacial score (nSPS) is 20.8. The minimum absolute atomic E-state index is 0.0692. The molecule has 244 valence electrons. The molecule has 3 amide bonds. The van der Waals surface area contributed by atoms with Crippen molar-refractivity contribution >= 4 is 35.2 Å². The van der Waals surface area contributed by atoms with Gasteiger partial charge in [0.2, 0.25) is 5.91 Å². The van der Waals surface area contributed by atoms with Crippen molar-refractivity contribution in [1.82, 2.24) is 4.90 Å². The Bertz CT molecular complexity index is 1490. The van der Waals surface area contributed by atoms with Crippen LogP contribution in [0.3, 0.4) is 0 Å². The van der Waals surface area contributed by atoms with E-state index in [1.54, 1.807) is 53.4 Å². The summed E-state index contributed by atoms with van der Waals surface area (Å²) in [5.41, 5.74) is 8.44. The monoisotopic (exact) mass is 647 g/mol. The summed E-state index contributed by atoms with van der Waals surface area (Å²) in [5.74, 6) is -0.344. The molecule has 1 heterocycles. The van der Waals surface area contributed by atoms with Crippen LogP contribution in [0, 0.1) is 5.92 Å². The molecule has 2 aliphatic rings. The van der Waals surface area contributed by atoms with Crippen molar-refractivity contribution in [3.63, 3.8) is 0 Å². The first-order valence-corrected chi connectivity index (χ1v) is 16.5. The molecular formula is C36H44ClN4O5+. The van der Waals surface area contributed by atoms with Crippen LogP contribution in [0.5, 0.6) is 11.5 Å². The zero-order chi connectivity index (χ0) is 32.7. The second-order valence-corrected chi connectivity index (χ2v) is 13.4. The molecule has 0 bridgehead atoms. The first-order chi connectivity index (χ1) is 22.1. The lowest BCUT2D eigenvalue weighted by molar-refractivity contribution is -0.928. The van der Waals surface area contributed by atoms with Gasteiger partial charge in [0.1, 0.15) is 24.1 Å². The number of halogens is 1. The third-order valence-electron chi connectivity index (χ3n) is 9.28. The SMILES string of the molecule is C[N+]1(Cc2ccc(Cl)cc2)CCC[C@H](N(C(=O)Nc2ccc(OC(=O)C3CCCCC3)cc2)[C@@H](Cc2ccc(O)cc2)C(N)=O)C1. The van der Waals surface area contributed by atoms with E-state index in [2.05, 4.69) is 12.4 Å². The number of piperidine rings is 1. The number of nitrogens with one attached hydrogen (secondary N) is 1.